The fourth-order valence-electron chi connectivity index (χ4n) is 1.62. The summed E-state index contributed by atoms with van der Waals surface area (Å²) in [5.41, 5.74) is -0.0841. The number of aryl methyl sites for hydroxylation is 1. The Bertz CT molecular complexity index is 392. The molecule has 0 aliphatic heterocycles. The Kier molecular flexibility index (Phi) is 5.20. The zero-order valence-corrected chi connectivity index (χ0v) is 10.7. The molecule has 0 saturated heterocycles. The van der Waals surface area contributed by atoms with Gasteiger partial charge in [0, 0.05) is 5.54 Å². The molecule has 0 fully saturated rings. The zero-order valence-electron chi connectivity index (χ0n) is 10.7. The first-order valence-corrected chi connectivity index (χ1v) is 5.95. The number of aromatic hydroxyl groups is 1. The molecule has 0 aliphatic rings. The van der Waals surface area contributed by atoms with Crippen LogP contribution in [0.4, 0.5) is 13.2 Å². The normalized spacial score (nSPS) is 15.2. The van der Waals surface area contributed by atoms with Gasteiger partial charge in [-0.25, -0.2) is 0 Å². The number of rotatable bonds is 6. The third-order valence-electron chi connectivity index (χ3n) is 2.97. The maximum atomic E-state index is 12.2. The highest BCUT2D eigenvalue weighted by Gasteiger charge is 2.32. The van der Waals surface area contributed by atoms with Gasteiger partial charge >= 0.3 is 6.18 Å². The van der Waals surface area contributed by atoms with Gasteiger partial charge in [-0.2, -0.15) is 13.2 Å². The Balaban J connectivity index is 2.53. The number of nitrogens with one attached hydrogen (secondary N) is 1. The van der Waals surface area contributed by atoms with Gasteiger partial charge in [0.1, 0.15) is 5.75 Å². The fourth-order valence-corrected chi connectivity index (χ4v) is 1.62. The van der Waals surface area contributed by atoms with Gasteiger partial charge in [-0.1, -0.05) is 12.1 Å². The van der Waals surface area contributed by atoms with Crippen molar-refractivity contribution >= 4 is 0 Å². The van der Waals surface area contributed by atoms with Crippen LogP contribution in [-0.2, 0) is 6.42 Å². The Morgan fingerprint density at radius 3 is 2.21 bits per heavy atom. The van der Waals surface area contributed by atoms with Gasteiger partial charge in [-0.15, -0.1) is 0 Å². The zero-order chi connectivity index (χ0) is 14.5. The number of hydrogen-bond donors (Lipinski definition) is 3. The molecule has 0 bridgehead atoms. The average Bonchev–Trinajstić information content (AvgIpc) is 2.35. The minimum atomic E-state index is -4.30. The molecule has 0 aliphatic carbocycles. The topological polar surface area (TPSA) is 52.5 Å². The summed E-state index contributed by atoms with van der Waals surface area (Å²) in [4.78, 5) is 0. The number of hydrogen-bond acceptors (Lipinski definition) is 3. The lowest BCUT2D eigenvalue weighted by Gasteiger charge is -2.29. The Labute approximate surface area is 110 Å². The van der Waals surface area contributed by atoms with Crippen LogP contribution >= 0.6 is 0 Å². The van der Waals surface area contributed by atoms with Crippen LogP contribution in [0.3, 0.4) is 0 Å². The molecule has 0 radical (unpaired) electrons. The molecule has 0 saturated carbocycles. The van der Waals surface area contributed by atoms with E-state index >= 15 is 0 Å². The number of benzene rings is 1. The number of halogens is 3. The molecule has 0 amide bonds. The molecule has 0 heterocycles. The summed E-state index contributed by atoms with van der Waals surface area (Å²) in [7, 11) is 0. The van der Waals surface area contributed by atoms with Gasteiger partial charge in [0.15, 0.2) is 0 Å². The largest absolute Gasteiger partial charge is 0.508 e. The summed E-state index contributed by atoms with van der Waals surface area (Å²) in [6, 6.07) is 6.46. The highest BCUT2D eigenvalue weighted by molar-refractivity contribution is 5.26. The van der Waals surface area contributed by atoms with Gasteiger partial charge in [0.2, 0.25) is 0 Å². The van der Waals surface area contributed by atoms with E-state index < -0.39 is 18.3 Å². The number of aliphatic hydroxyl groups excluding tert-OH is 1. The fraction of sp³-hybridized carbons (Fsp3) is 0.538. The van der Waals surface area contributed by atoms with E-state index in [9.17, 15) is 18.3 Å². The van der Waals surface area contributed by atoms with Crippen molar-refractivity contribution in [3.8, 4) is 5.75 Å². The lowest BCUT2D eigenvalue weighted by atomic mass is 9.94. The maximum absolute atomic E-state index is 12.2. The van der Waals surface area contributed by atoms with Crippen LogP contribution in [0.2, 0.25) is 0 Å². The van der Waals surface area contributed by atoms with Crippen LogP contribution in [0.5, 0.6) is 5.75 Å². The van der Waals surface area contributed by atoms with Crippen molar-refractivity contribution < 1.29 is 23.4 Å². The van der Waals surface area contributed by atoms with E-state index in [4.69, 9.17) is 5.11 Å². The Morgan fingerprint density at radius 2 is 1.74 bits per heavy atom. The van der Waals surface area contributed by atoms with Crippen LogP contribution in [0.1, 0.15) is 18.9 Å². The molecule has 1 aromatic carbocycles. The minimum Gasteiger partial charge on any atom is -0.508 e. The first-order chi connectivity index (χ1) is 8.74. The van der Waals surface area contributed by atoms with E-state index in [1.54, 1.807) is 19.1 Å². The third-order valence-corrected chi connectivity index (χ3v) is 2.97. The number of aliphatic hydroxyl groups is 1. The predicted molar refractivity (Wildman–Crippen MR) is 66.0 cm³/mol. The molecule has 1 atom stereocenters. The van der Waals surface area contributed by atoms with Crippen LogP contribution in [0.25, 0.3) is 0 Å². The van der Waals surface area contributed by atoms with Crippen LogP contribution in [-0.4, -0.2) is 35.1 Å². The van der Waals surface area contributed by atoms with Gasteiger partial charge in [0.05, 0.1) is 13.2 Å². The van der Waals surface area contributed by atoms with Gasteiger partial charge in [-0.05, 0) is 37.5 Å². The molecular weight excluding hydrogens is 259 g/mol. The van der Waals surface area contributed by atoms with E-state index in [0.717, 1.165) is 5.56 Å². The first kappa shape index (κ1) is 15.8. The molecule has 1 unspecified atom stereocenters. The second-order valence-electron chi connectivity index (χ2n) is 4.85. The van der Waals surface area contributed by atoms with E-state index in [2.05, 4.69) is 5.32 Å². The SMILES string of the molecule is CC(CO)(CCc1ccc(O)cc1)NCC(F)(F)F. The van der Waals surface area contributed by atoms with Crippen LogP contribution < -0.4 is 5.32 Å². The molecule has 19 heavy (non-hydrogen) atoms. The van der Waals surface area contributed by atoms with Crippen molar-refractivity contribution in [3.63, 3.8) is 0 Å². The summed E-state index contributed by atoms with van der Waals surface area (Å²) < 4.78 is 36.5. The highest BCUT2D eigenvalue weighted by Crippen LogP contribution is 2.19. The lowest BCUT2D eigenvalue weighted by molar-refractivity contribution is -0.129. The van der Waals surface area contributed by atoms with Crippen molar-refractivity contribution in [1.29, 1.82) is 0 Å². The smallest absolute Gasteiger partial charge is 0.401 e. The quantitative estimate of drug-likeness (QED) is 0.747. The standard InChI is InChI=1S/C13H18F3NO2/c1-12(9-18,17-8-13(14,15)16)7-6-10-2-4-11(19)5-3-10/h2-5,17-19H,6-9H2,1H3. The Morgan fingerprint density at radius 1 is 1.16 bits per heavy atom. The van der Waals surface area contributed by atoms with E-state index in [1.807, 2.05) is 0 Å². The minimum absolute atomic E-state index is 0.142. The van der Waals surface area contributed by atoms with Crippen molar-refractivity contribution in [3.05, 3.63) is 29.8 Å². The summed E-state index contributed by atoms with van der Waals surface area (Å²) >= 11 is 0. The maximum Gasteiger partial charge on any atom is 0.401 e. The number of phenols is 1. The number of alkyl halides is 3. The molecule has 1 aromatic rings. The second kappa shape index (κ2) is 6.25. The molecule has 3 N–H and O–H groups in total. The summed E-state index contributed by atoms with van der Waals surface area (Å²) in [6.45, 7) is 0.0555. The summed E-state index contributed by atoms with van der Waals surface area (Å²) in [5, 5.41) is 20.7. The molecule has 0 spiro atoms. The second-order valence-corrected chi connectivity index (χ2v) is 4.85. The molecule has 6 heteroatoms. The molecule has 1 rings (SSSR count). The van der Waals surface area contributed by atoms with Crippen molar-refractivity contribution in [1.82, 2.24) is 5.32 Å². The number of phenolic OH excluding ortho intramolecular Hbond substituents is 1. The van der Waals surface area contributed by atoms with E-state index in [0.29, 0.717) is 12.8 Å². The summed E-state index contributed by atoms with van der Waals surface area (Å²) in [5.74, 6) is 0.142. The Hall–Kier alpha value is -1.27. The molecule has 3 nitrogen and oxygen atoms in total. The van der Waals surface area contributed by atoms with E-state index in [1.165, 1.54) is 12.1 Å². The lowest BCUT2D eigenvalue weighted by Crippen LogP contribution is -2.49. The average molecular weight is 277 g/mol. The molecule has 108 valence electrons. The highest BCUT2D eigenvalue weighted by atomic mass is 19.4. The van der Waals surface area contributed by atoms with Crippen molar-refractivity contribution in [2.75, 3.05) is 13.2 Å². The van der Waals surface area contributed by atoms with Crippen LogP contribution in [0, 0.1) is 0 Å². The van der Waals surface area contributed by atoms with Crippen LogP contribution in [0.15, 0.2) is 24.3 Å². The molecule has 0 aromatic heterocycles. The third kappa shape index (κ3) is 5.94. The summed E-state index contributed by atoms with van der Waals surface area (Å²) in [6.07, 6.45) is -3.42. The predicted octanol–water partition coefficient (Wildman–Crippen LogP) is 2.23. The first-order valence-electron chi connectivity index (χ1n) is 5.95. The van der Waals surface area contributed by atoms with Gasteiger partial charge < -0.3 is 15.5 Å². The molecular formula is C13H18F3NO2. The van der Waals surface area contributed by atoms with Gasteiger partial charge in [0.25, 0.3) is 0 Å². The van der Waals surface area contributed by atoms with Crippen molar-refractivity contribution in [2.24, 2.45) is 0 Å². The van der Waals surface area contributed by atoms with Gasteiger partial charge in [-0.3, -0.25) is 0 Å². The van der Waals surface area contributed by atoms with E-state index in [-0.39, 0.29) is 12.4 Å². The monoisotopic (exact) mass is 277 g/mol. The van der Waals surface area contributed by atoms with Crippen molar-refractivity contribution in [2.45, 2.75) is 31.5 Å².